The highest BCUT2D eigenvalue weighted by molar-refractivity contribution is 5.56. The van der Waals surface area contributed by atoms with E-state index < -0.39 is 6.16 Å². The van der Waals surface area contributed by atoms with Crippen molar-refractivity contribution in [2.75, 3.05) is 6.61 Å². The van der Waals surface area contributed by atoms with Crippen LogP contribution in [0, 0.1) is 34.5 Å². The van der Waals surface area contributed by atoms with E-state index in [0.717, 1.165) is 24.2 Å². The van der Waals surface area contributed by atoms with Gasteiger partial charge in [-0.3, -0.25) is 0 Å². The third kappa shape index (κ3) is 2.73. The normalized spacial score (nSPS) is 45.8. The van der Waals surface area contributed by atoms with Gasteiger partial charge in [0.15, 0.2) is 0 Å². The summed E-state index contributed by atoms with van der Waals surface area (Å²) in [4.78, 5) is 10.7. The van der Waals surface area contributed by atoms with E-state index in [1.807, 2.05) is 0 Å². The van der Waals surface area contributed by atoms with Crippen LogP contribution in [-0.2, 0) is 4.74 Å². The molecule has 3 saturated carbocycles. The first-order chi connectivity index (χ1) is 11.9. The van der Waals surface area contributed by atoms with Gasteiger partial charge in [0.05, 0.1) is 6.61 Å². The van der Waals surface area contributed by atoms with Gasteiger partial charge in [-0.15, -0.1) is 0 Å². The van der Waals surface area contributed by atoms with Gasteiger partial charge in [-0.25, -0.2) is 4.79 Å². The number of rotatable bonds is 3. The zero-order valence-corrected chi connectivity index (χ0v) is 15.9. The second kappa shape index (κ2) is 6.32. The van der Waals surface area contributed by atoms with Gasteiger partial charge in [-0.2, -0.15) is 0 Å². The van der Waals surface area contributed by atoms with Crippen LogP contribution in [0.5, 0.6) is 0 Å². The van der Waals surface area contributed by atoms with Gasteiger partial charge < -0.3 is 9.84 Å². The number of carbonyl (C=O) groups is 1. The van der Waals surface area contributed by atoms with Crippen molar-refractivity contribution >= 4 is 6.16 Å². The van der Waals surface area contributed by atoms with Crippen LogP contribution < -0.4 is 0 Å². The minimum absolute atomic E-state index is 0.376. The molecule has 0 unspecified atom stereocenters. The van der Waals surface area contributed by atoms with Gasteiger partial charge in [-0.05, 0) is 98.7 Å². The summed E-state index contributed by atoms with van der Waals surface area (Å²) in [6, 6.07) is 0. The standard InChI is InChI=1S/C22H34O3/c1-21-12-4-3-5-15(21)6-8-17-18-9-7-16(11-14-25-20(23)24)22(18,2)13-10-19(17)21/h5,16-19H,3-4,6-14H2,1-2H3,(H,23,24)/t16-,17-,18-,19-,21-,22+/m0/s1. The van der Waals surface area contributed by atoms with Crippen LogP contribution in [0.2, 0.25) is 0 Å². The molecule has 0 amide bonds. The third-order valence-corrected chi connectivity index (χ3v) is 8.92. The zero-order valence-electron chi connectivity index (χ0n) is 15.9. The first kappa shape index (κ1) is 17.4. The molecule has 140 valence electrons. The van der Waals surface area contributed by atoms with Crippen LogP contribution in [0.15, 0.2) is 11.6 Å². The highest BCUT2D eigenvalue weighted by Crippen LogP contribution is 2.67. The number of carboxylic acid groups (broad SMARTS) is 1. The fourth-order valence-electron chi connectivity index (χ4n) is 7.63. The van der Waals surface area contributed by atoms with Crippen LogP contribution in [0.3, 0.4) is 0 Å². The molecule has 1 N–H and O–H groups in total. The van der Waals surface area contributed by atoms with Gasteiger partial charge in [0.2, 0.25) is 0 Å². The second-order valence-electron chi connectivity index (χ2n) is 9.68. The maximum absolute atomic E-state index is 10.7. The lowest BCUT2D eigenvalue weighted by atomic mass is 9.47. The molecule has 0 aliphatic heterocycles. The molecule has 0 saturated heterocycles. The molecule has 0 radical (unpaired) electrons. The first-order valence-corrected chi connectivity index (χ1v) is 10.5. The predicted molar refractivity (Wildman–Crippen MR) is 98.4 cm³/mol. The highest BCUT2D eigenvalue weighted by atomic mass is 16.7. The van der Waals surface area contributed by atoms with Crippen molar-refractivity contribution in [3.8, 4) is 0 Å². The summed E-state index contributed by atoms with van der Waals surface area (Å²) in [5.41, 5.74) is 2.68. The molecule has 0 spiro atoms. The van der Waals surface area contributed by atoms with Crippen LogP contribution in [0.4, 0.5) is 4.79 Å². The minimum atomic E-state index is -1.12. The molecule has 0 aromatic heterocycles. The molecule has 6 atom stereocenters. The molecular formula is C22H34O3. The molecule has 4 aliphatic carbocycles. The molecule has 25 heavy (non-hydrogen) atoms. The number of ether oxygens (including phenoxy) is 1. The first-order valence-electron chi connectivity index (χ1n) is 10.5. The number of fused-ring (bicyclic) bond motifs is 5. The second-order valence-corrected chi connectivity index (χ2v) is 9.68. The van der Waals surface area contributed by atoms with Crippen molar-refractivity contribution in [2.24, 2.45) is 34.5 Å². The monoisotopic (exact) mass is 346 g/mol. The van der Waals surface area contributed by atoms with Crippen molar-refractivity contribution in [1.82, 2.24) is 0 Å². The maximum atomic E-state index is 10.7. The lowest BCUT2D eigenvalue weighted by Gasteiger charge is -2.58. The Morgan fingerprint density at radius 3 is 2.84 bits per heavy atom. The van der Waals surface area contributed by atoms with Crippen LogP contribution >= 0.6 is 0 Å². The van der Waals surface area contributed by atoms with E-state index in [1.165, 1.54) is 57.8 Å². The van der Waals surface area contributed by atoms with Gasteiger partial charge in [0.25, 0.3) is 0 Å². The Morgan fingerprint density at radius 2 is 2.04 bits per heavy atom. The summed E-state index contributed by atoms with van der Waals surface area (Å²) in [5.74, 6) is 3.28. The fraction of sp³-hybridized carbons (Fsp3) is 0.864. The average Bonchev–Trinajstić information content (AvgIpc) is 2.91. The van der Waals surface area contributed by atoms with E-state index in [4.69, 9.17) is 9.84 Å². The Hall–Kier alpha value is -0.990. The van der Waals surface area contributed by atoms with Crippen molar-refractivity contribution in [3.63, 3.8) is 0 Å². The average molecular weight is 347 g/mol. The maximum Gasteiger partial charge on any atom is 0.505 e. The van der Waals surface area contributed by atoms with Crippen LogP contribution in [0.25, 0.3) is 0 Å². The topological polar surface area (TPSA) is 46.5 Å². The Kier molecular flexibility index (Phi) is 4.40. The highest BCUT2D eigenvalue weighted by Gasteiger charge is 2.58. The van der Waals surface area contributed by atoms with Crippen molar-refractivity contribution in [2.45, 2.75) is 78.1 Å². The molecule has 4 aliphatic rings. The van der Waals surface area contributed by atoms with Crippen LogP contribution in [0.1, 0.15) is 78.1 Å². The molecular weight excluding hydrogens is 312 g/mol. The lowest BCUT2D eigenvalue weighted by molar-refractivity contribution is -0.0544. The Bertz CT molecular complexity index is 568. The number of hydrogen-bond donors (Lipinski definition) is 1. The Balaban J connectivity index is 1.51. The minimum Gasteiger partial charge on any atom is -0.450 e. The summed E-state index contributed by atoms with van der Waals surface area (Å²) in [5, 5.41) is 8.75. The quantitative estimate of drug-likeness (QED) is 0.500. The molecule has 3 heteroatoms. The number of hydrogen-bond acceptors (Lipinski definition) is 2. The van der Waals surface area contributed by atoms with E-state index in [9.17, 15) is 4.79 Å². The molecule has 0 heterocycles. The third-order valence-electron chi connectivity index (χ3n) is 8.92. The van der Waals surface area contributed by atoms with Gasteiger partial charge in [-0.1, -0.05) is 25.5 Å². The molecule has 0 bridgehead atoms. The summed E-state index contributed by atoms with van der Waals surface area (Å²) in [6.07, 6.45) is 14.5. The number of allylic oxidation sites excluding steroid dienone is 2. The van der Waals surface area contributed by atoms with Crippen molar-refractivity contribution < 1.29 is 14.6 Å². The molecule has 4 rings (SSSR count). The summed E-state index contributed by atoms with van der Waals surface area (Å²) in [7, 11) is 0. The zero-order chi connectivity index (χ0) is 17.7. The van der Waals surface area contributed by atoms with Gasteiger partial charge in [0, 0.05) is 0 Å². The predicted octanol–water partition coefficient (Wildman–Crippen LogP) is 6.04. The van der Waals surface area contributed by atoms with E-state index in [2.05, 4.69) is 19.9 Å². The van der Waals surface area contributed by atoms with Gasteiger partial charge in [0.1, 0.15) is 0 Å². The van der Waals surface area contributed by atoms with E-state index in [0.29, 0.717) is 23.4 Å². The van der Waals surface area contributed by atoms with Crippen LogP contribution in [-0.4, -0.2) is 17.9 Å². The van der Waals surface area contributed by atoms with Crippen molar-refractivity contribution in [1.29, 1.82) is 0 Å². The molecule has 0 aromatic carbocycles. The Morgan fingerprint density at radius 1 is 1.20 bits per heavy atom. The lowest BCUT2D eigenvalue weighted by Crippen LogP contribution is -2.50. The van der Waals surface area contributed by atoms with Crippen molar-refractivity contribution in [3.05, 3.63) is 11.6 Å². The fourth-order valence-corrected chi connectivity index (χ4v) is 7.63. The van der Waals surface area contributed by atoms with E-state index in [1.54, 1.807) is 5.57 Å². The molecule has 0 aromatic rings. The summed E-state index contributed by atoms with van der Waals surface area (Å²) >= 11 is 0. The molecule has 3 fully saturated rings. The smallest absolute Gasteiger partial charge is 0.450 e. The molecule has 3 nitrogen and oxygen atoms in total. The summed E-state index contributed by atoms with van der Waals surface area (Å²) < 4.78 is 4.83. The Labute approximate surface area is 152 Å². The largest absolute Gasteiger partial charge is 0.505 e. The van der Waals surface area contributed by atoms with E-state index >= 15 is 0 Å². The van der Waals surface area contributed by atoms with Gasteiger partial charge >= 0.3 is 6.16 Å². The SMILES string of the molecule is C[C@]12CC[C@H]3[C@@H](CCC4=CCCC[C@@]43C)[C@@H]1CC[C@H]2CCOC(=O)O. The summed E-state index contributed by atoms with van der Waals surface area (Å²) in [6.45, 7) is 5.46. The van der Waals surface area contributed by atoms with E-state index in [-0.39, 0.29) is 0 Å².